The molecule has 0 radical (unpaired) electrons. The molecule has 9 heteroatoms. The molecule has 0 saturated heterocycles. The maximum atomic E-state index is 13.1. The van der Waals surface area contributed by atoms with Crippen LogP contribution in [0.2, 0.25) is 5.02 Å². The fourth-order valence-electron chi connectivity index (χ4n) is 3.75. The summed E-state index contributed by atoms with van der Waals surface area (Å²) in [6.45, 7) is 2.32. The molecule has 1 atom stereocenters. The number of benzene rings is 2. The third-order valence-electron chi connectivity index (χ3n) is 5.27. The summed E-state index contributed by atoms with van der Waals surface area (Å²) in [7, 11) is 0. The van der Waals surface area contributed by atoms with Crippen molar-refractivity contribution in [2.75, 3.05) is 12.5 Å². The van der Waals surface area contributed by atoms with Crippen LogP contribution in [0.4, 0.5) is 0 Å². The van der Waals surface area contributed by atoms with Crippen LogP contribution in [0.5, 0.6) is 11.5 Å². The van der Waals surface area contributed by atoms with Crippen molar-refractivity contribution in [3.8, 4) is 11.5 Å². The number of halogens is 1. The first-order valence-corrected chi connectivity index (χ1v) is 11.6. The first kappa shape index (κ1) is 20.2. The number of hydrazone groups is 1. The molecule has 1 amide bonds. The highest BCUT2D eigenvalue weighted by atomic mass is 35.5. The standard InChI is InChI=1S/C22H21ClN4O3S/c1-2-3-6-9-31-22-25-21(28)19-13-7-4-5-8-16(13)24-20(27(19)26-22)14-10-17-18(11-15(14)23)30-12-29-17/h4-5,7-8,10-11,20H,2-3,6,9,12H2,1H3,(H,25,26,28)/t20-/m0/s1. The number of unbranched alkanes of at least 4 members (excludes halogenated alkanes) is 2. The topological polar surface area (TPSA) is 75.5 Å². The first-order chi connectivity index (χ1) is 15.2. The number of amides is 1. The van der Waals surface area contributed by atoms with E-state index in [1.54, 1.807) is 22.8 Å². The second-order valence-electron chi connectivity index (χ2n) is 7.35. The largest absolute Gasteiger partial charge is 0.454 e. The number of nitrogens with one attached hydrogen (secondary N) is 1. The molecule has 0 fully saturated rings. The second-order valence-corrected chi connectivity index (χ2v) is 8.85. The Morgan fingerprint density at radius 1 is 1.23 bits per heavy atom. The number of carbonyl (C=O) groups excluding carboxylic acids is 1. The van der Waals surface area contributed by atoms with E-state index >= 15 is 0 Å². The number of hydrogen-bond acceptors (Lipinski definition) is 7. The van der Waals surface area contributed by atoms with Crippen LogP contribution < -0.4 is 25.4 Å². The van der Waals surface area contributed by atoms with Gasteiger partial charge in [-0.3, -0.25) is 15.1 Å². The average Bonchev–Trinajstić information content (AvgIpc) is 3.22. The van der Waals surface area contributed by atoms with E-state index in [4.69, 9.17) is 31.2 Å². The number of thioether (sulfide) groups is 1. The summed E-state index contributed by atoms with van der Waals surface area (Å²) in [5.41, 5.74) is 1.16. The molecule has 3 heterocycles. The van der Waals surface area contributed by atoms with Crippen LogP contribution in [0.15, 0.2) is 46.5 Å². The van der Waals surface area contributed by atoms with E-state index in [0.717, 1.165) is 35.6 Å². The van der Waals surface area contributed by atoms with E-state index < -0.39 is 6.17 Å². The van der Waals surface area contributed by atoms with Crippen LogP contribution >= 0.6 is 23.4 Å². The highest BCUT2D eigenvalue weighted by Crippen LogP contribution is 2.42. The maximum absolute atomic E-state index is 13.1. The van der Waals surface area contributed by atoms with Crippen molar-refractivity contribution in [1.29, 1.82) is 0 Å². The fraction of sp³-hybridized carbons (Fsp3) is 0.318. The molecule has 160 valence electrons. The summed E-state index contributed by atoms with van der Waals surface area (Å²) in [4.78, 5) is 18.0. The Balaban J connectivity index is 1.60. The van der Waals surface area contributed by atoms with Crippen LogP contribution in [0, 0.1) is 0 Å². The van der Waals surface area contributed by atoms with Gasteiger partial charge in [-0.15, -0.1) is 5.10 Å². The van der Waals surface area contributed by atoms with Crippen LogP contribution in [0.25, 0.3) is 5.70 Å². The third kappa shape index (κ3) is 3.74. The Bertz CT molecular complexity index is 1200. The van der Waals surface area contributed by atoms with E-state index in [1.165, 1.54) is 0 Å². The molecule has 31 heavy (non-hydrogen) atoms. The van der Waals surface area contributed by atoms with Gasteiger partial charge in [-0.25, -0.2) is 5.01 Å². The molecule has 3 aliphatic heterocycles. The zero-order valence-electron chi connectivity index (χ0n) is 16.9. The molecule has 0 bridgehead atoms. The van der Waals surface area contributed by atoms with Gasteiger partial charge in [-0.2, -0.15) is 0 Å². The lowest BCUT2D eigenvalue weighted by molar-refractivity contribution is -0.116. The Morgan fingerprint density at radius 3 is 2.87 bits per heavy atom. The number of amidine groups is 1. The van der Waals surface area contributed by atoms with Crippen molar-refractivity contribution in [3.63, 3.8) is 0 Å². The van der Waals surface area contributed by atoms with Crippen molar-refractivity contribution < 1.29 is 14.3 Å². The van der Waals surface area contributed by atoms with Crippen LogP contribution in [0.3, 0.4) is 0 Å². The van der Waals surface area contributed by atoms with Crippen molar-refractivity contribution in [3.05, 3.63) is 57.6 Å². The lowest BCUT2D eigenvalue weighted by Gasteiger charge is -2.34. The zero-order chi connectivity index (χ0) is 21.4. The van der Waals surface area contributed by atoms with Crippen molar-refractivity contribution >= 4 is 40.1 Å². The molecule has 2 aromatic rings. The van der Waals surface area contributed by atoms with Gasteiger partial charge < -0.3 is 9.47 Å². The molecule has 3 aliphatic rings. The van der Waals surface area contributed by atoms with Crippen molar-refractivity contribution in [2.45, 2.75) is 32.4 Å². The summed E-state index contributed by atoms with van der Waals surface area (Å²) in [6.07, 6.45) is 2.76. The predicted molar refractivity (Wildman–Crippen MR) is 120 cm³/mol. The normalized spacial score (nSPS) is 18.7. The Hall–Kier alpha value is -2.71. The number of hydrogen-bond donors (Lipinski definition) is 1. The fourth-order valence-corrected chi connectivity index (χ4v) is 4.85. The van der Waals surface area contributed by atoms with Gasteiger partial charge in [-0.05, 0) is 18.6 Å². The van der Waals surface area contributed by atoms with Gasteiger partial charge in [0, 0.05) is 22.6 Å². The highest BCUT2D eigenvalue weighted by Gasteiger charge is 2.36. The summed E-state index contributed by atoms with van der Waals surface area (Å²) >= 11 is 8.15. The average molecular weight is 457 g/mol. The molecule has 0 unspecified atom stereocenters. The summed E-state index contributed by atoms with van der Waals surface area (Å²) in [5, 5.41) is 11.9. The van der Waals surface area contributed by atoms with Gasteiger partial charge >= 0.3 is 0 Å². The minimum absolute atomic E-state index is 0.153. The molecular weight excluding hydrogens is 436 g/mol. The van der Waals surface area contributed by atoms with Crippen molar-refractivity contribution in [2.24, 2.45) is 10.1 Å². The van der Waals surface area contributed by atoms with Crippen LogP contribution in [-0.2, 0) is 4.79 Å². The minimum atomic E-state index is -0.593. The Kier molecular flexibility index (Phi) is 5.50. The number of ether oxygens (including phenoxy) is 2. The second kappa shape index (κ2) is 8.43. The smallest absolute Gasteiger partial charge is 0.276 e. The van der Waals surface area contributed by atoms with Crippen molar-refractivity contribution in [1.82, 2.24) is 10.3 Å². The predicted octanol–water partition coefficient (Wildman–Crippen LogP) is 3.14. The number of fused-ring (bicyclic) bond motifs is 3. The Labute approximate surface area is 188 Å². The minimum Gasteiger partial charge on any atom is -0.454 e. The molecule has 1 N–H and O–H groups in total. The SMILES string of the molecule is CCCCCSC1=NN2C(=c3ccccc3=N[C@@H]2c2cc3c(cc2Cl)OCO3)C(=O)N1. The van der Waals surface area contributed by atoms with E-state index in [0.29, 0.717) is 32.9 Å². The summed E-state index contributed by atoms with van der Waals surface area (Å²) < 4.78 is 11.0. The third-order valence-corrected chi connectivity index (χ3v) is 6.55. The molecular formula is C22H21ClN4O3S. The van der Waals surface area contributed by atoms with Gasteiger partial charge in [0.1, 0.15) is 5.70 Å². The first-order valence-electron chi connectivity index (χ1n) is 10.2. The van der Waals surface area contributed by atoms with Gasteiger partial charge in [-0.1, -0.05) is 61.3 Å². The molecule has 0 saturated carbocycles. The van der Waals surface area contributed by atoms with Gasteiger partial charge in [0.2, 0.25) is 6.79 Å². The molecule has 2 aromatic carbocycles. The molecule has 0 spiro atoms. The van der Waals surface area contributed by atoms with Gasteiger partial charge in [0.15, 0.2) is 22.8 Å². The highest BCUT2D eigenvalue weighted by molar-refractivity contribution is 8.13. The van der Waals surface area contributed by atoms with Gasteiger partial charge in [0.25, 0.3) is 5.91 Å². The van der Waals surface area contributed by atoms with E-state index in [2.05, 4.69) is 12.2 Å². The van der Waals surface area contributed by atoms with Gasteiger partial charge in [0.05, 0.1) is 10.4 Å². The quantitative estimate of drug-likeness (QED) is 0.699. The lowest BCUT2D eigenvalue weighted by Crippen LogP contribution is -2.50. The number of nitrogens with zero attached hydrogens (tertiary/aromatic N) is 3. The van der Waals surface area contributed by atoms with Crippen LogP contribution in [-0.4, -0.2) is 28.6 Å². The number of para-hydroxylation sites is 1. The zero-order valence-corrected chi connectivity index (χ0v) is 18.5. The summed E-state index contributed by atoms with van der Waals surface area (Å²) in [5.74, 6) is 1.90. The Morgan fingerprint density at radius 2 is 2.03 bits per heavy atom. The number of rotatable bonds is 5. The van der Waals surface area contributed by atoms with E-state index in [-0.39, 0.29) is 12.7 Å². The number of carbonyl (C=O) groups is 1. The van der Waals surface area contributed by atoms with E-state index in [9.17, 15) is 4.79 Å². The molecule has 0 aliphatic carbocycles. The summed E-state index contributed by atoms with van der Waals surface area (Å²) in [6, 6.07) is 11.1. The molecule has 5 rings (SSSR count). The maximum Gasteiger partial charge on any atom is 0.276 e. The molecule has 0 aromatic heterocycles. The monoisotopic (exact) mass is 456 g/mol. The van der Waals surface area contributed by atoms with Crippen LogP contribution in [0.1, 0.15) is 37.9 Å². The van der Waals surface area contributed by atoms with E-state index in [1.807, 2.05) is 30.3 Å². The lowest BCUT2D eigenvalue weighted by atomic mass is 10.1. The molecule has 7 nitrogen and oxygen atoms in total.